The molecule has 40 heavy (non-hydrogen) atoms. The highest BCUT2D eigenvalue weighted by molar-refractivity contribution is 7.89. The van der Waals surface area contributed by atoms with Crippen LogP contribution in [0.3, 0.4) is 0 Å². The number of hydrogen-bond donors (Lipinski definition) is 4. The number of nitrogens with two attached hydrogens (primary N) is 1. The number of carbonyl (C=O) groups is 2. The maximum atomic E-state index is 13.1. The van der Waals surface area contributed by atoms with Crippen LogP contribution in [-0.4, -0.2) is 43.1 Å². The number of amides is 2. The largest absolute Gasteiger partial charge is 0.384 e. The molecule has 0 unspecified atom stereocenters. The summed E-state index contributed by atoms with van der Waals surface area (Å²) in [5.41, 5.74) is 7.81. The van der Waals surface area contributed by atoms with Crippen molar-refractivity contribution in [2.24, 2.45) is 11.7 Å². The molecule has 3 aromatic rings. The second-order valence-electron chi connectivity index (χ2n) is 11.1. The number of carbonyl (C=O) groups excluding carboxylic acids is 2. The van der Waals surface area contributed by atoms with Gasteiger partial charge in [-0.3, -0.25) is 15.0 Å². The Morgan fingerprint density at radius 2 is 1.62 bits per heavy atom. The highest BCUT2D eigenvalue weighted by Gasteiger charge is 2.26. The van der Waals surface area contributed by atoms with E-state index < -0.39 is 27.4 Å². The quantitative estimate of drug-likeness (QED) is 0.174. The minimum absolute atomic E-state index is 0.0736. The Labute approximate surface area is 236 Å². The summed E-state index contributed by atoms with van der Waals surface area (Å²) in [4.78, 5) is 27.7. The summed E-state index contributed by atoms with van der Waals surface area (Å²) in [5, 5.41) is 10.3. The summed E-state index contributed by atoms with van der Waals surface area (Å²) in [6, 6.07) is 20.4. The van der Waals surface area contributed by atoms with Gasteiger partial charge >= 0.3 is 11.8 Å². The fraction of sp³-hybridized carbons (Fsp3) is 0.300. The molecule has 2 amide bonds. The van der Waals surface area contributed by atoms with E-state index in [-0.39, 0.29) is 23.2 Å². The molecule has 0 saturated carbocycles. The summed E-state index contributed by atoms with van der Waals surface area (Å²) in [5.74, 6) is -1.42. The molecule has 0 heterocycles. The van der Waals surface area contributed by atoms with Crippen molar-refractivity contribution in [1.29, 1.82) is 5.41 Å². The summed E-state index contributed by atoms with van der Waals surface area (Å²) in [6.45, 7) is 9.80. The molecule has 0 atom stereocenters. The van der Waals surface area contributed by atoms with Crippen LogP contribution in [0.4, 0.5) is 5.69 Å². The Kier molecular flexibility index (Phi) is 9.49. The standard InChI is InChI=1S/C30H37N5O4S/c1-20(2)18-35(19-21-9-8-10-23(17-21)27(31)32)29(37)28(36)33-24-15-13-22(14-16-24)25-11-6-7-12-26(25)40(38,39)34-30(3,4)5/h6-17,20,34H,18-19H2,1-5H3,(H3,31,32)(H,33,36). The van der Waals surface area contributed by atoms with E-state index in [9.17, 15) is 18.0 Å². The summed E-state index contributed by atoms with van der Waals surface area (Å²) >= 11 is 0. The molecule has 0 saturated heterocycles. The number of benzene rings is 3. The molecule has 0 bridgehead atoms. The number of nitrogens with one attached hydrogen (secondary N) is 3. The second kappa shape index (κ2) is 12.4. The van der Waals surface area contributed by atoms with Gasteiger partial charge in [-0.1, -0.05) is 62.4 Å². The molecular weight excluding hydrogens is 526 g/mol. The molecule has 0 radical (unpaired) electrons. The van der Waals surface area contributed by atoms with Gasteiger partial charge in [-0.05, 0) is 62.1 Å². The average molecular weight is 564 g/mol. The number of hydrogen-bond acceptors (Lipinski definition) is 5. The highest BCUT2D eigenvalue weighted by Crippen LogP contribution is 2.29. The summed E-state index contributed by atoms with van der Waals surface area (Å²) in [7, 11) is -3.78. The number of nitrogen functional groups attached to an aromatic ring is 1. The number of rotatable bonds is 9. The summed E-state index contributed by atoms with van der Waals surface area (Å²) in [6.07, 6.45) is 0. The molecule has 0 spiro atoms. The topological polar surface area (TPSA) is 145 Å². The number of nitrogens with zero attached hydrogens (tertiary/aromatic N) is 1. The SMILES string of the molecule is CC(C)CN(Cc1cccc(C(=N)N)c1)C(=O)C(=O)Nc1ccc(-c2ccccc2S(=O)(=O)NC(C)(C)C)cc1. The van der Waals surface area contributed by atoms with E-state index >= 15 is 0 Å². The monoisotopic (exact) mass is 563 g/mol. The molecule has 0 aliphatic carbocycles. The Morgan fingerprint density at radius 3 is 2.23 bits per heavy atom. The maximum Gasteiger partial charge on any atom is 0.313 e. The van der Waals surface area contributed by atoms with Crippen molar-refractivity contribution in [2.45, 2.75) is 51.6 Å². The van der Waals surface area contributed by atoms with Gasteiger partial charge in [-0.25, -0.2) is 13.1 Å². The zero-order valence-corrected chi connectivity index (χ0v) is 24.3. The lowest BCUT2D eigenvalue weighted by Crippen LogP contribution is -2.41. The van der Waals surface area contributed by atoms with Crippen LogP contribution < -0.4 is 15.8 Å². The van der Waals surface area contributed by atoms with Gasteiger partial charge in [0.05, 0.1) is 4.90 Å². The van der Waals surface area contributed by atoms with Gasteiger partial charge in [0, 0.05) is 35.4 Å². The van der Waals surface area contributed by atoms with Crippen LogP contribution in [0.2, 0.25) is 0 Å². The smallest absolute Gasteiger partial charge is 0.313 e. The van der Waals surface area contributed by atoms with Gasteiger partial charge in [-0.15, -0.1) is 0 Å². The lowest BCUT2D eigenvalue weighted by atomic mass is 10.1. The molecule has 9 nitrogen and oxygen atoms in total. The Balaban J connectivity index is 1.79. The molecule has 0 aliphatic rings. The lowest BCUT2D eigenvalue weighted by molar-refractivity contribution is -0.143. The fourth-order valence-electron chi connectivity index (χ4n) is 4.18. The molecule has 0 aromatic heterocycles. The molecule has 0 fully saturated rings. The minimum atomic E-state index is -3.78. The third-order valence-corrected chi connectivity index (χ3v) is 7.57. The van der Waals surface area contributed by atoms with Gasteiger partial charge in [0.15, 0.2) is 0 Å². The molecule has 212 valence electrons. The van der Waals surface area contributed by atoms with Crippen molar-refractivity contribution in [3.05, 3.63) is 83.9 Å². The minimum Gasteiger partial charge on any atom is -0.384 e. The van der Waals surface area contributed by atoms with Crippen LogP contribution in [-0.2, 0) is 26.2 Å². The van der Waals surface area contributed by atoms with E-state index in [0.717, 1.165) is 5.56 Å². The van der Waals surface area contributed by atoms with Gasteiger partial charge in [0.1, 0.15) is 5.84 Å². The molecule has 5 N–H and O–H groups in total. The van der Waals surface area contributed by atoms with E-state index in [0.29, 0.717) is 28.9 Å². The predicted octanol–water partition coefficient (Wildman–Crippen LogP) is 4.34. The maximum absolute atomic E-state index is 13.1. The van der Waals surface area contributed by atoms with Crippen molar-refractivity contribution in [2.75, 3.05) is 11.9 Å². The van der Waals surface area contributed by atoms with Crippen molar-refractivity contribution >= 4 is 33.4 Å². The van der Waals surface area contributed by atoms with Crippen LogP contribution in [0.5, 0.6) is 0 Å². The molecule has 0 aliphatic heterocycles. The first-order chi connectivity index (χ1) is 18.7. The molecule has 10 heteroatoms. The van der Waals surface area contributed by atoms with Gasteiger partial charge < -0.3 is 16.0 Å². The average Bonchev–Trinajstić information content (AvgIpc) is 2.87. The Hall–Kier alpha value is -4.02. The highest BCUT2D eigenvalue weighted by atomic mass is 32.2. The van der Waals surface area contributed by atoms with Crippen LogP contribution in [0, 0.1) is 11.3 Å². The molecular formula is C30H37N5O4S. The van der Waals surface area contributed by atoms with Crippen molar-refractivity contribution in [3.8, 4) is 11.1 Å². The van der Waals surface area contributed by atoms with E-state index in [1.54, 1.807) is 87.5 Å². The third kappa shape index (κ3) is 8.24. The first kappa shape index (κ1) is 30.5. The third-order valence-electron chi connectivity index (χ3n) is 5.75. The second-order valence-corrected chi connectivity index (χ2v) is 12.7. The zero-order valence-electron chi connectivity index (χ0n) is 23.5. The Bertz CT molecular complexity index is 1490. The van der Waals surface area contributed by atoms with Crippen LogP contribution in [0.15, 0.2) is 77.7 Å². The first-order valence-electron chi connectivity index (χ1n) is 12.9. The van der Waals surface area contributed by atoms with E-state index in [2.05, 4.69) is 10.0 Å². The van der Waals surface area contributed by atoms with Crippen LogP contribution in [0.25, 0.3) is 11.1 Å². The van der Waals surface area contributed by atoms with Crippen molar-refractivity contribution in [3.63, 3.8) is 0 Å². The summed E-state index contributed by atoms with van der Waals surface area (Å²) < 4.78 is 28.7. The van der Waals surface area contributed by atoms with Crippen molar-refractivity contribution < 1.29 is 18.0 Å². The molecule has 3 aromatic carbocycles. The lowest BCUT2D eigenvalue weighted by Gasteiger charge is -2.24. The number of amidine groups is 1. The van der Waals surface area contributed by atoms with E-state index in [4.69, 9.17) is 11.1 Å². The van der Waals surface area contributed by atoms with Crippen molar-refractivity contribution in [1.82, 2.24) is 9.62 Å². The normalized spacial score (nSPS) is 11.8. The molecule has 3 rings (SSSR count). The number of anilines is 1. The van der Waals surface area contributed by atoms with Crippen LogP contribution >= 0.6 is 0 Å². The first-order valence-corrected chi connectivity index (χ1v) is 14.4. The number of sulfonamides is 1. The van der Waals surface area contributed by atoms with E-state index in [1.807, 2.05) is 19.9 Å². The predicted molar refractivity (Wildman–Crippen MR) is 158 cm³/mol. The zero-order chi connectivity index (χ0) is 29.7. The van der Waals surface area contributed by atoms with Gasteiger partial charge in [0.25, 0.3) is 0 Å². The van der Waals surface area contributed by atoms with Gasteiger partial charge in [-0.2, -0.15) is 0 Å². The van der Waals surface area contributed by atoms with E-state index in [1.165, 1.54) is 4.90 Å². The van der Waals surface area contributed by atoms with Crippen LogP contribution in [0.1, 0.15) is 45.7 Å². The Morgan fingerprint density at radius 1 is 0.975 bits per heavy atom. The fourth-order valence-corrected chi connectivity index (χ4v) is 5.83. The van der Waals surface area contributed by atoms with Gasteiger partial charge in [0.2, 0.25) is 10.0 Å².